The van der Waals surface area contributed by atoms with Crippen LogP contribution < -0.4 is 10.6 Å². The first-order chi connectivity index (χ1) is 9.64. The van der Waals surface area contributed by atoms with E-state index in [-0.39, 0.29) is 11.7 Å². The number of allylic oxidation sites excluding steroid dienone is 2. The number of benzene rings is 1. The average molecular weight is 272 g/mol. The summed E-state index contributed by atoms with van der Waals surface area (Å²) in [4.78, 5) is 12.4. The van der Waals surface area contributed by atoms with Crippen molar-refractivity contribution in [3.05, 3.63) is 54.1 Å². The first-order valence-corrected chi connectivity index (χ1v) is 6.59. The third kappa shape index (κ3) is 2.81. The molecule has 1 aromatic carbocycles. The Morgan fingerprint density at radius 2 is 1.75 bits per heavy atom. The van der Waals surface area contributed by atoms with E-state index < -0.39 is 5.72 Å². The first-order valence-electron chi connectivity index (χ1n) is 6.59. The minimum atomic E-state index is -0.604. The highest BCUT2D eigenvalue weighted by molar-refractivity contribution is 6.00. The molecule has 2 N–H and O–H groups in total. The Morgan fingerprint density at radius 1 is 1.15 bits per heavy atom. The van der Waals surface area contributed by atoms with Crippen molar-refractivity contribution in [2.75, 3.05) is 26.5 Å². The van der Waals surface area contributed by atoms with Crippen molar-refractivity contribution in [3.8, 4) is 0 Å². The number of ketones is 1. The van der Waals surface area contributed by atoms with Crippen LogP contribution in [0.3, 0.4) is 0 Å². The molecule has 20 heavy (non-hydrogen) atoms. The van der Waals surface area contributed by atoms with Crippen molar-refractivity contribution in [1.82, 2.24) is 5.32 Å². The molecule has 4 nitrogen and oxygen atoms in total. The lowest BCUT2D eigenvalue weighted by Gasteiger charge is -2.28. The molecule has 1 aromatic rings. The molecule has 2 rings (SSSR count). The minimum absolute atomic E-state index is 0.0842. The number of anilines is 1. The predicted octanol–water partition coefficient (Wildman–Crippen LogP) is 2.22. The quantitative estimate of drug-likeness (QED) is 0.490. The summed E-state index contributed by atoms with van der Waals surface area (Å²) in [5.74, 6) is -0.159. The molecule has 0 saturated carbocycles. The maximum atomic E-state index is 12.4. The Bertz CT molecular complexity index is 512. The van der Waals surface area contributed by atoms with E-state index in [1.54, 1.807) is 7.11 Å². The highest BCUT2D eigenvalue weighted by Crippen LogP contribution is 2.22. The molecule has 0 radical (unpaired) electrons. The fourth-order valence-electron chi connectivity index (χ4n) is 2.19. The van der Waals surface area contributed by atoms with Gasteiger partial charge in [-0.05, 0) is 43.5 Å². The second-order valence-electron chi connectivity index (χ2n) is 4.68. The number of Topliss-reactive ketones (excluding diaryl/α,β-unsaturated/α-hetero) is 1. The maximum absolute atomic E-state index is 12.4. The van der Waals surface area contributed by atoms with Crippen molar-refractivity contribution >= 4 is 11.5 Å². The molecule has 1 aliphatic carbocycles. The molecule has 0 unspecified atom stereocenters. The van der Waals surface area contributed by atoms with E-state index >= 15 is 0 Å². The normalized spacial score (nSPS) is 24.6. The standard InChI is InChI=1S/C16H20N2O2/c1-17-14-6-4-12(5-7-14)15(19)13-8-10-16(18-2,20-3)11-9-13/h4-11,13,17-18H,1-3H3. The number of ether oxygens (including phenoxy) is 1. The molecule has 0 fully saturated rings. The van der Waals surface area contributed by atoms with Crippen LogP contribution in [0, 0.1) is 5.92 Å². The molecular formula is C16H20N2O2. The van der Waals surface area contributed by atoms with Crippen LogP contribution in [0.1, 0.15) is 10.4 Å². The van der Waals surface area contributed by atoms with Gasteiger partial charge in [-0.3, -0.25) is 10.1 Å². The summed E-state index contributed by atoms with van der Waals surface area (Å²) in [6, 6.07) is 7.48. The Morgan fingerprint density at radius 3 is 2.20 bits per heavy atom. The van der Waals surface area contributed by atoms with Crippen LogP contribution in [-0.4, -0.2) is 32.7 Å². The van der Waals surface area contributed by atoms with Crippen LogP contribution in [0.15, 0.2) is 48.6 Å². The lowest BCUT2D eigenvalue weighted by atomic mass is 9.91. The fraction of sp³-hybridized carbons (Fsp3) is 0.312. The van der Waals surface area contributed by atoms with Crippen LogP contribution in [0.4, 0.5) is 5.69 Å². The van der Waals surface area contributed by atoms with Gasteiger partial charge in [0.25, 0.3) is 0 Å². The van der Waals surface area contributed by atoms with Crippen molar-refractivity contribution in [1.29, 1.82) is 0 Å². The van der Waals surface area contributed by atoms with Crippen LogP contribution in [-0.2, 0) is 4.74 Å². The number of nitrogens with one attached hydrogen (secondary N) is 2. The second kappa shape index (κ2) is 6.03. The first kappa shape index (κ1) is 14.5. The molecule has 0 amide bonds. The minimum Gasteiger partial charge on any atom is -0.388 e. The summed E-state index contributed by atoms with van der Waals surface area (Å²) in [7, 11) is 5.30. The lowest BCUT2D eigenvalue weighted by Crippen LogP contribution is -2.42. The second-order valence-corrected chi connectivity index (χ2v) is 4.68. The Labute approximate surface area is 119 Å². The summed E-state index contributed by atoms with van der Waals surface area (Å²) in [5.41, 5.74) is 1.09. The zero-order chi connectivity index (χ0) is 14.6. The predicted molar refractivity (Wildman–Crippen MR) is 80.9 cm³/mol. The molecule has 0 aromatic heterocycles. The largest absolute Gasteiger partial charge is 0.388 e. The van der Waals surface area contributed by atoms with Gasteiger partial charge in [-0.2, -0.15) is 0 Å². The molecule has 1 aliphatic rings. The van der Waals surface area contributed by atoms with Gasteiger partial charge in [0.1, 0.15) is 0 Å². The average Bonchev–Trinajstić information content (AvgIpc) is 2.54. The summed E-state index contributed by atoms with van der Waals surface area (Å²) >= 11 is 0. The highest BCUT2D eigenvalue weighted by atomic mass is 16.5. The van der Waals surface area contributed by atoms with E-state index in [2.05, 4.69) is 10.6 Å². The third-order valence-corrected chi connectivity index (χ3v) is 3.59. The topological polar surface area (TPSA) is 50.4 Å². The Balaban J connectivity index is 2.13. The van der Waals surface area contributed by atoms with Gasteiger partial charge >= 0.3 is 0 Å². The van der Waals surface area contributed by atoms with Crippen LogP contribution >= 0.6 is 0 Å². The molecule has 4 heteroatoms. The Kier molecular flexibility index (Phi) is 4.37. The monoisotopic (exact) mass is 272 g/mol. The number of hydrogen-bond donors (Lipinski definition) is 2. The van der Waals surface area contributed by atoms with Crippen LogP contribution in [0.25, 0.3) is 0 Å². The van der Waals surface area contributed by atoms with Crippen molar-refractivity contribution in [2.45, 2.75) is 5.72 Å². The number of likely N-dealkylation sites (N-methyl/N-ethyl adjacent to an activating group) is 1. The number of carbonyl (C=O) groups is 1. The summed E-state index contributed by atoms with van der Waals surface area (Å²) < 4.78 is 5.39. The van der Waals surface area contributed by atoms with E-state index in [4.69, 9.17) is 4.74 Å². The lowest BCUT2D eigenvalue weighted by molar-refractivity contribution is 0.0490. The molecule has 0 saturated heterocycles. The van der Waals surface area contributed by atoms with Gasteiger partial charge in [-0.25, -0.2) is 0 Å². The maximum Gasteiger partial charge on any atom is 0.173 e. The number of hydrogen-bond acceptors (Lipinski definition) is 4. The van der Waals surface area contributed by atoms with Gasteiger partial charge in [-0.1, -0.05) is 12.2 Å². The van der Waals surface area contributed by atoms with E-state index in [0.29, 0.717) is 5.56 Å². The fourth-order valence-corrected chi connectivity index (χ4v) is 2.19. The summed E-state index contributed by atoms with van der Waals surface area (Å²) in [6.45, 7) is 0. The smallest absolute Gasteiger partial charge is 0.173 e. The van der Waals surface area contributed by atoms with Crippen molar-refractivity contribution in [3.63, 3.8) is 0 Å². The van der Waals surface area contributed by atoms with Crippen LogP contribution in [0.2, 0.25) is 0 Å². The van der Waals surface area contributed by atoms with E-state index in [1.165, 1.54) is 0 Å². The number of carbonyl (C=O) groups excluding carboxylic acids is 1. The number of methoxy groups -OCH3 is 1. The van der Waals surface area contributed by atoms with Gasteiger partial charge in [0.2, 0.25) is 0 Å². The van der Waals surface area contributed by atoms with Crippen molar-refractivity contribution in [2.24, 2.45) is 5.92 Å². The van der Waals surface area contributed by atoms with Gasteiger partial charge < -0.3 is 10.1 Å². The van der Waals surface area contributed by atoms with Gasteiger partial charge in [-0.15, -0.1) is 0 Å². The zero-order valence-corrected chi connectivity index (χ0v) is 12.0. The molecule has 0 aliphatic heterocycles. The Hall–Kier alpha value is -1.91. The molecule has 0 bridgehead atoms. The zero-order valence-electron chi connectivity index (χ0n) is 12.0. The molecule has 106 valence electrons. The molecular weight excluding hydrogens is 252 g/mol. The van der Waals surface area contributed by atoms with Crippen molar-refractivity contribution < 1.29 is 9.53 Å². The third-order valence-electron chi connectivity index (χ3n) is 3.59. The highest BCUT2D eigenvalue weighted by Gasteiger charge is 2.27. The van der Waals surface area contributed by atoms with Gasteiger partial charge in [0.05, 0.1) is 5.92 Å². The SMILES string of the molecule is CNc1ccc(C(=O)C2C=CC(NC)(OC)C=C2)cc1. The number of rotatable bonds is 5. The van der Waals surface area contributed by atoms with E-state index in [9.17, 15) is 4.79 Å². The van der Waals surface area contributed by atoms with Crippen LogP contribution in [0.5, 0.6) is 0 Å². The molecule has 0 heterocycles. The van der Waals surface area contributed by atoms with E-state index in [0.717, 1.165) is 5.69 Å². The van der Waals surface area contributed by atoms with E-state index in [1.807, 2.05) is 62.7 Å². The summed E-state index contributed by atoms with van der Waals surface area (Å²) in [5, 5.41) is 6.10. The molecule has 0 atom stereocenters. The van der Waals surface area contributed by atoms with Gasteiger partial charge in [0.15, 0.2) is 11.5 Å². The summed E-state index contributed by atoms with van der Waals surface area (Å²) in [6.07, 6.45) is 7.48. The molecule has 0 spiro atoms. The van der Waals surface area contributed by atoms with Gasteiger partial charge in [0, 0.05) is 25.4 Å².